The van der Waals surface area contributed by atoms with Gasteiger partial charge in [-0.05, 0) is 43.3 Å². The number of amides is 1. The normalized spacial score (nSPS) is 12.3. The number of rotatable bonds is 8. The molecule has 1 unspecified atom stereocenters. The maximum atomic E-state index is 12.5. The summed E-state index contributed by atoms with van der Waals surface area (Å²) in [7, 11) is 0. The van der Waals surface area contributed by atoms with Crippen LogP contribution in [0.15, 0.2) is 53.4 Å². The van der Waals surface area contributed by atoms with Gasteiger partial charge >= 0.3 is 6.18 Å². The molecule has 10 heteroatoms. The monoisotopic (exact) mass is 414 g/mol. The van der Waals surface area contributed by atoms with Crippen LogP contribution in [-0.2, 0) is 11.0 Å². The van der Waals surface area contributed by atoms with Gasteiger partial charge in [-0.15, -0.1) is 11.8 Å². The van der Waals surface area contributed by atoms with Gasteiger partial charge in [0.25, 0.3) is 5.69 Å². The first-order valence-corrected chi connectivity index (χ1v) is 9.03. The number of nitrogens with one attached hydrogen (secondary N) is 1. The molecule has 0 aliphatic rings. The van der Waals surface area contributed by atoms with E-state index in [1.54, 1.807) is 19.1 Å². The van der Waals surface area contributed by atoms with Gasteiger partial charge in [-0.2, -0.15) is 13.2 Å². The van der Waals surface area contributed by atoms with Crippen LogP contribution in [0.4, 0.5) is 18.9 Å². The van der Waals surface area contributed by atoms with Gasteiger partial charge in [-0.3, -0.25) is 14.9 Å². The molecule has 1 amide bonds. The minimum Gasteiger partial charge on any atom is -0.492 e. The molecule has 2 aromatic rings. The van der Waals surface area contributed by atoms with Crippen LogP contribution < -0.4 is 10.1 Å². The summed E-state index contributed by atoms with van der Waals surface area (Å²) in [5.74, 6) is 0.0231. The number of thioether (sulfide) groups is 1. The highest BCUT2D eigenvalue weighted by atomic mass is 32.2. The van der Waals surface area contributed by atoms with E-state index in [1.165, 1.54) is 36.0 Å². The highest BCUT2D eigenvalue weighted by Crippen LogP contribution is 2.30. The van der Waals surface area contributed by atoms with Gasteiger partial charge in [0.1, 0.15) is 12.4 Å². The molecule has 150 valence electrons. The van der Waals surface area contributed by atoms with E-state index in [2.05, 4.69) is 5.32 Å². The lowest BCUT2D eigenvalue weighted by atomic mass is 10.2. The Morgan fingerprint density at radius 2 is 1.79 bits per heavy atom. The first-order chi connectivity index (χ1) is 13.2. The Morgan fingerprint density at radius 3 is 2.32 bits per heavy atom. The van der Waals surface area contributed by atoms with Crippen molar-refractivity contribution in [3.63, 3.8) is 0 Å². The third kappa shape index (κ3) is 6.45. The van der Waals surface area contributed by atoms with Crippen LogP contribution in [0, 0.1) is 10.1 Å². The molecule has 0 radical (unpaired) electrons. The van der Waals surface area contributed by atoms with Gasteiger partial charge in [0.05, 0.1) is 22.3 Å². The van der Waals surface area contributed by atoms with Gasteiger partial charge in [0.2, 0.25) is 5.91 Å². The smallest absolute Gasteiger partial charge is 0.416 e. The fraction of sp³-hybridized carbons (Fsp3) is 0.278. The lowest BCUT2D eigenvalue weighted by molar-refractivity contribution is -0.384. The molecule has 0 spiro atoms. The molecule has 0 fully saturated rings. The van der Waals surface area contributed by atoms with E-state index >= 15 is 0 Å². The average Bonchev–Trinajstić information content (AvgIpc) is 2.65. The van der Waals surface area contributed by atoms with Crippen molar-refractivity contribution in [3.05, 3.63) is 64.2 Å². The van der Waals surface area contributed by atoms with Crippen LogP contribution in [-0.4, -0.2) is 29.2 Å². The highest BCUT2D eigenvalue weighted by Gasteiger charge is 2.30. The zero-order chi connectivity index (χ0) is 20.7. The van der Waals surface area contributed by atoms with Crippen molar-refractivity contribution in [3.8, 4) is 5.75 Å². The van der Waals surface area contributed by atoms with E-state index in [0.29, 0.717) is 4.90 Å². The van der Waals surface area contributed by atoms with Crippen LogP contribution in [0.2, 0.25) is 0 Å². The Labute approximate surface area is 163 Å². The van der Waals surface area contributed by atoms with Gasteiger partial charge < -0.3 is 10.1 Å². The second-order valence-corrected chi connectivity index (χ2v) is 7.09. The first kappa shape index (κ1) is 21.5. The second-order valence-electron chi connectivity index (χ2n) is 5.67. The molecule has 0 aliphatic carbocycles. The summed E-state index contributed by atoms with van der Waals surface area (Å²) >= 11 is 1.25. The molecular formula is C18H17F3N2O4S. The second kappa shape index (κ2) is 9.45. The molecule has 1 atom stereocenters. The van der Waals surface area contributed by atoms with E-state index in [4.69, 9.17) is 4.74 Å². The number of alkyl halides is 3. The Hall–Kier alpha value is -2.75. The number of hydrogen-bond donors (Lipinski definition) is 1. The number of nitrogens with zero attached hydrogens (tertiary/aromatic N) is 1. The minimum atomic E-state index is -4.40. The van der Waals surface area contributed by atoms with Crippen molar-refractivity contribution in [2.75, 3.05) is 13.2 Å². The van der Waals surface area contributed by atoms with Gasteiger partial charge in [-0.1, -0.05) is 0 Å². The number of benzene rings is 2. The molecule has 2 aromatic carbocycles. The molecule has 6 nitrogen and oxygen atoms in total. The van der Waals surface area contributed by atoms with Crippen LogP contribution in [0.3, 0.4) is 0 Å². The number of carbonyl (C=O) groups excluding carboxylic acids is 1. The topological polar surface area (TPSA) is 81.5 Å². The van der Waals surface area contributed by atoms with Crippen molar-refractivity contribution in [2.24, 2.45) is 0 Å². The van der Waals surface area contributed by atoms with E-state index in [0.717, 1.165) is 12.1 Å². The molecule has 2 rings (SSSR count). The van der Waals surface area contributed by atoms with Gasteiger partial charge in [0.15, 0.2) is 0 Å². The van der Waals surface area contributed by atoms with E-state index in [-0.39, 0.29) is 30.5 Å². The summed E-state index contributed by atoms with van der Waals surface area (Å²) in [5, 5.41) is 12.9. The number of hydrogen-bond acceptors (Lipinski definition) is 5. The molecular weight excluding hydrogens is 397 g/mol. The summed E-state index contributed by atoms with van der Waals surface area (Å²) in [6.07, 6.45) is -4.40. The Kier molecular flexibility index (Phi) is 7.27. The minimum absolute atomic E-state index is 0.0260. The Balaban J connectivity index is 1.73. The predicted octanol–water partition coefficient (Wildman–Crippen LogP) is 4.29. The molecule has 0 heterocycles. The maximum Gasteiger partial charge on any atom is 0.416 e. The summed E-state index contributed by atoms with van der Waals surface area (Å²) < 4.78 is 42.8. The van der Waals surface area contributed by atoms with Crippen LogP contribution in [0.5, 0.6) is 5.75 Å². The number of halogens is 3. The molecule has 0 aliphatic heterocycles. The number of ether oxygens (including phenoxy) is 1. The van der Waals surface area contributed by atoms with E-state index in [9.17, 15) is 28.1 Å². The molecule has 0 aromatic heterocycles. The Bertz CT molecular complexity index is 811. The van der Waals surface area contributed by atoms with E-state index < -0.39 is 21.9 Å². The summed E-state index contributed by atoms with van der Waals surface area (Å²) in [4.78, 5) is 22.9. The quantitative estimate of drug-likeness (QED) is 0.302. The van der Waals surface area contributed by atoms with Crippen molar-refractivity contribution in [1.29, 1.82) is 0 Å². The highest BCUT2D eigenvalue weighted by molar-refractivity contribution is 8.00. The van der Waals surface area contributed by atoms with Crippen molar-refractivity contribution in [2.45, 2.75) is 23.2 Å². The molecule has 1 N–H and O–H groups in total. The summed E-state index contributed by atoms with van der Waals surface area (Å²) in [6, 6.07) is 10.2. The molecule has 0 bridgehead atoms. The average molecular weight is 414 g/mol. The SMILES string of the molecule is CC(Sc1ccc([N+](=O)[O-])cc1)C(=O)NCCOc1ccc(C(F)(F)F)cc1. The zero-order valence-corrected chi connectivity index (χ0v) is 15.5. The van der Waals surface area contributed by atoms with Crippen LogP contribution in [0.25, 0.3) is 0 Å². The number of non-ortho nitro benzene ring substituents is 1. The van der Waals surface area contributed by atoms with Crippen LogP contribution in [0.1, 0.15) is 12.5 Å². The first-order valence-electron chi connectivity index (χ1n) is 8.15. The fourth-order valence-corrected chi connectivity index (χ4v) is 3.02. The number of carbonyl (C=O) groups is 1. The van der Waals surface area contributed by atoms with Crippen molar-refractivity contribution < 1.29 is 27.6 Å². The standard InChI is InChI=1S/C18H17F3N2O4S/c1-12(28-16-8-4-14(5-9-16)23(25)26)17(24)22-10-11-27-15-6-2-13(3-7-15)18(19,20)21/h2-9,12H,10-11H2,1H3,(H,22,24). The fourth-order valence-electron chi connectivity index (χ4n) is 2.13. The van der Waals surface area contributed by atoms with Gasteiger partial charge in [0, 0.05) is 17.0 Å². The van der Waals surface area contributed by atoms with Gasteiger partial charge in [-0.25, -0.2) is 0 Å². The molecule has 28 heavy (non-hydrogen) atoms. The predicted molar refractivity (Wildman–Crippen MR) is 98.4 cm³/mol. The number of nitro groups is 1. The largest absolute Gasteiger partial charge is 0.492 e. The molecule has 0 saturated carbocycles. The van der Waals surface area contributed by atoms with Crippen LogP contribution >= 0.6 is 11.8 Å². The summed E-state index contributed by atoms with van der Waals surface area (Å²) in [5.41, 5.74) is -0.785. The Morgan fingerprint density at radius 1 is 1.18 bits per heavy atom. The zero-order valence-electron chi connectivity index (χ0n) is 14.7. The van der Waals surface area contributed by atoms with Crippen molar-refractivity contribution >= 4 is 23.4 Å². The van der Waals surface area contributed by atoms with E-state index in [1.807, 2.05) is 0 Å². The third-order valence-electron chi connectivity index (χ3n) is 3.58. The van der Waals surface area contributed by atoms with Crippen molar-refractivity contribution in [1.82, 2.24) is 5.32 Å². The third-order valence-corrected chi connectivity index (χ3v) is 4.69. The summed E-state index contributed by atoms with van der Waals surface area (Å²) in [6.45, 7) is 1.98. The number of nitro benzene ring substituents is 1. The molecule has 0 saturated heterocycles. The lowest BCUT2D eigenvalue weighted by Crippen LogP contribution is -2.33. The lowest BCUT2D eigenvalue weighted by Gasteiger charge is -2.13. The maximum absolute atomic E-state index is 12.5.